The minimum absolute atomic E-state index is 0.0720. The van der Waals surface area contributed by atoms with Crippen molar-refractivity contribution >= 4 is 11.4 Å². The number of benzene rings is 2. The summed E-state index contributed by atoms with van der Waals surface area (Å²) in [5, 5.41) is 0. The van der Waals surface area contributed by atoms with Gasteiger partial charge in [-0.15, -0.1) is 6.58 Å². The number of ether oxygens (including phenoxy) is 1. The third-order valence-corrected chi connectivity index (χ3v) is 4.98. The van der Waals surface area contributed by atoms with Gasteiger partial charge in [0, 0.05) is 12.6 Å². The molecule has 0 aliphatic carbocycles. The van der Waals surface area contributed by atoms with Crippen LogP contribution in [-0.4, -0.2) is 18.8 Å². The van der Waals surface area contributed by atoms with E-state index < -0.39 is 0 Å². The first-order chi connectivity index (χ1) is 11.2. The van der Waals surface area contributed by atoms with E-state index in [1.165, 1.54) is 16.9 Å². The van der Waals surface area contributed by atoms with Gasteiger partial charge in [-0.1, -0.05) is 48.5 Å². The van der Waals surface area contributed by atoms with Gasteiger partial charge in [-0.3, -0.25) is 0 Å². The Bertz CT molecular complexity index is 729. The molecule has 4 rings (SSSR count). The van der Waals surface area contributed by atoms with Gasteiger partial charge < -0.3 is 14.5 Å². The molecule has 118 valence electrons. The Kier molecular flexibility index (Phi) is 3.20. The maximum atomic E-state index is 6.58. The number of nitrogens with zero attached hydrogens (tertiary/aromatic N) is 2. The molecule has 3 heteroatoms. The zero-order valence-corrected chi connectivity index (χ0v) is 13.6. The van der Waals surface area contributed by atoms with Crippen LogP contribution in [0.15, 0.2) is 67.3 Å². The second-order valence-corrected chi connectivity index (χ2v) is 6.57. The molecule has 2 aromatic rings. The van der Waals surface area contributed by atoms with E-state index >= 15 is 0 Å². The lowest BCUT2D eigenvalue weighted by atomic mass is 9.98. The molecule has 2 aliphatic heterocycles. The lowest BCUT2D eigenvalue weighted by Gasteiger charge is -2.34. The van der Waals surface area contributed by atoms with Gasteiger partial charge in [0.2, 0.25) is 0 Å². The van der Waals surface area contributed by atoms with E-state index in [1.807, 2.05) is 12.1 Å². The summed E-state index contributed by atoms with van der Waals surface area (Å²) in [7, 11) is 2.15. The van der Waals surface area contributed by atoms with Crippen LogP contribution in [0, 0.1) is 0 Å². The molecule has 0 radical (unpaired) electrons. The van der Waals surface area contributed by atoms with Crippen molar-refractivity contribution in [1.29, 1.82) is 0 Å². The molecule has 1 saturated heterocycles. The summed E-state index contributed by atoms with van der Waals surface area (Å²) in [5.74, 6) is 0. The maximum Gasteiger partial charge on any atom is 0.159 e. The summed E-state index contributed by atoms with van der Waals surface area (Å²) >= 11 is 0. The minimum atomic E-state index is -0.296. The Morgan fingerprint density at radius 3 is 2.43 bits per heavy atom. The van der Waals surface area contributed by atoms with Crippen LogP contribution in [0.4, 0.5) is 11.4 Å². The molecule has 3 nitrogen and oxygen atoms in total. The van der Waals surface area contributed by atoms with Crippen LogP contribution in [0.3, 0.4) is 0 Å². The first kappa shape index (κ1) is 14.3. The van der Waals surface area contributed by atoms with Crippen molar-refractivity contribution in [1.82, 2.24) is 0 Å². The van der Waals surface area contributed by atoms with E-state index in [9.17, 15) is 0 Å². The van der Waals surface area contributed by atoms with Gasteiger partial charge in [-0.05, 0) is 25.5 Å². The standard InChI is InChI=1S/C20H22N2O/c1-4-14-20(2)19-21(3)16-12-8-9-13-17(16)22(19)18(23-20)15-10-6-5-7-11-15/h4-13,18-19H,1,14H2,2-3H3. The molecule has 0 spiro atoms. The van der Waals surface area contributed by atoms with Crippen LogP contribution in [0.2, 0.25) is 0 Å². The van der Waals surface area contributed by atoms with Gasteiger partial charge in [-0.2, -0.15) is 0 Å². The molecule has 0 amide bonds. The molecule has 0 N–H and O–H groups in total. The summed E-state index contributed by atoms with van der Waals surface area (Å²) in [6.07, 6.45) is 2.87. The van der Waals surface area contributed by atoms with E-state index in [-0.39, 0.29) is 18.0 Å². The Morgan fingerprint density at radius 1 is 1.09 bits per heavy atom. The molecule has 2 heterocycles. The lowest BCUT2D eigenvalue weighted by molar-refractivity contribution is -0.0333. The number of hydrogen-bond acceptors (Lipinski definition) is 3. The van der Waals surface area contributed by atoms with Gasteiger partial charge in [0.25, 0.3) is 0 Å². The average molecular weight is 306 g/mol. The number of rotatable bonds is 3. The van der Waals surface area contributed by atoms with Crippen LogP contribution < -0.4 is 9.80 Å². The van der Waals surface area contributed by atoms with Crippen LogP contribution in [-0.2, 0) is 4.74 Å². The molecule has 3 atom stereocenters. The largest absolute Gasteiger partial charge is 0.350 e. The van der Waals surface area contributed by atoms with E-state index in [0.717, 1.165) is 6.42 Å². The summed E-state index contributed by atoms with van der Waals surface area (Å²) in [6, 6.07) is 19.0. The van der Waals surface area contributed by atoms with Crippen LogP contribution in [0.1, 0.15) is 25.1 Å². The fourth-order valence-electron chi connectivity index (χ4n) is 4.05. The molecule has 0 aromatic heterocycles. The number of para-hydroxylation sites is 2. The number of likely N-dealkylation sites (N-methyl/N-ethyl adjacent to an activating group) is 1. The molecule has 3 unspecified atom stereocenters. The highest BCUT2D eigenvalue weighted by Crippen LogP contribution is 2.53. The normalized spacial score (nSPS) is 28.6. The summed E-state index contributed by atoms with van der Waals surface area (Å²) in [6.45, 7) is 6.13. The predicted octanol–water partition coefficient (Wildman–Crippen LogP) is 4.33. The lowest BCUT2D eigenvalue weighted by Crippen LogP contribution is -2.50. The van der Waals surface area contributed by atoms with Crippen molar-refractivity contribution in [2.24, 2.45) is 0 Å². The number of anilines is 2. The van der Waals surface area contributed by atoms with E-state index in [2.05, 4.69) is 78.9 Å². The molecule has 2 aliphatic rings. The maximum absolute atomic E-state index is 6.58. The Hall–Kier alpha value is -2.26. The van der Waals surface area contributed by atoms with E-state index in [0.29, 0.717) is 0 Å². The van der Waals surface area contributed by atoms with Gasteiger partial charge >= 0.3 is 0 Å². The van der Waals surface area contributed by atoms with Crippen molar-refractivity contribution < 1.29 is 4.74 Å². The minimum Gasteiger partial charge on any atom is -0.350 e. The van der Waals surface area contributed by atoms with Crippen molar-refractivity contribution in [3.63, 3.8) is 0 Å². The second-order valence-electron chi connectivity index (χ2n) is 6.57. The molecule has 2 aromatic carbocycles. The average Bonchev–Trinajstić information content (AvgIpc) is 3.04. The fraction of sp³-hybridized carbons (Fsp3) is 0.300. The zero-order valence-electron chi connectivity index (χ0n) is 13.6. The van der Waals surface area contributed by atoms with Crippen molar-refractivity contribution in [3.8, 4) is 0 Å². The van der Waals surface area contributed by atoms with Gasteiger partial charge in [0.15, 0.2) is 6.23 Å². The predicted molar refractivity (Wildman–Crippen MR) is 94.6 cm³/mol. The summed E-state index contributed by atoms with van der Waals surface area (Å²) in [4.78, 5) is 4.75. The van der Waals surface area contributed by atoms with Crippen molar-refractivity contribution in [2.45, 2.75) is 31.3 Å². The number of fused-ring (bicyclic) bond motifs is 3. The summed E-state index contributed by atoms with van der Waals surface area (Å²) < 4.78 is 6.58. The Labute approximate surface area is 137 Å². The third-order valence-electron chi connectivity index (χ3n) is 4.98. The van der Waals surface area contributed by atoms with Crippen molar-refractivity contribution in [2.75, 3.05) is 16.8 Å². The van der Waals surface area contributed by atoms with Gasteiger partial charge in [-0.25, -0.2) is 0 Å². The second kappa shape index (κ2) is 5.14. The molecular formula is C20H22N2O. The quantitative estimate of drug-likeness (QED) is 0.785. The first-order valence-electron chi connectivity index (χ1n) is 8.09. The highest BCUT2D eigenvalue weighted by Gasteiger charge is 2.56. The van der Waals surface area contributed by atoms with Crippen LogP contribution >= 0.6 is 0 Å². The topological polar surface area (TPSA) is 15.7 Å². The highest BCUT2D eigenvalue weighted by atomic mass is 16.5. The fourth-order valence-corrected chi connectivity index (χ4v) is 4.05. The van der Waals surface area contributed by atoms with Crippen LogP contribution in [0.25, 0.3) is 0 Å². The molecule has 23 heavy (non-hydrogen) atoms. The van der Waals surface area contributed by atoms with E-state index in [4.69, 9.17) is 4.74 Å². The first-order valence-corrected chi connectivity index (χ1v) is 8.09. The SMILES string of the molecule is C=CCC1(C)OC(c2ccccc2)N2c3ccccc3N(C)C21. The van der Waals surface area contributed by atoms with Gasteiger partial charge in [0.1, 0.15) is 11.8 Å². The highest BCUT2D eigenvalue weighted by molar-refractivity contribution is 5.79. The number of hydrogen-bond donors (Lipinski definition) is 0. The smallest absolute Gasteiger partial charge is 0.159 e. The summed E-state index contributed by atoms with van der Waals surface area (Å²) in [5.41, 5.74) is 3.39. The monoisotopic (exact) mass is 306 g/mol. The molecule has 1 fully saturated rings. The Morgan fingerprint density at radius 2 is 1.74 bits per heavy atom. The van der Waals surface area contributed by atoms with Crippen LogP contribution in [0.5, 0.6) is 0 Å². The van der Waals surface area contributed by atoms with E-state index in [1.54, 1.807) is 0 Å². The molecular weight excluding hydrogens is 284 g/mol. The molecule has 0 bridgehead atoms. The third kappa shape index (κ3) is 2.00. The molecule has 0 saturated carbocycles. The zero-order chi connectivity index (χ0) is 16.0. The van der Waals surface area contributed by atoms with Gasteiger partial charge in [0.05, 0.1) is 11.4 Å². The Balaban J connectivity index is 1.86. The van der Waals surface area contributed by atoms with Crippen molar-refractivity contribution in [3.05, 3.63) is 72.8 Å².